The van der Waals surface area contributed by atoms with Crippen molar-refractivity contribution in [3.63, 3.8) is 0 Å². The molecule has 0 N–H and O–H groups in total. The molecule has 1 aromatic rings. The van der Waals surface area contributed by atoms with E-state index in [2.05, 4.69) is 11.1 Å². The Morgan fingerprint density at radius 1 is 1.40 bits per heavy atom. The summed E-state index contributed by atoms with van der Waals surface area (Å²) in [4.78, 5) is 3.73. The molecule has 0 aliphatic heterocycles. The molecule has 1 nitrogen and oxygen atoms in total. The van der Waals surface area contributed by atoms with Crippen LogP contribution in [0.2, 0.25) is 0 Å². The quantitative estimate of drug-likeness (QED) is 0.318. The van der Waals surface area contributed by atoms with Gasteiger partial charge in [-0.15, -0.1) is 0 Å². The first-order valence-electron chi connectivity index (χ1n) is 2.03. The van der Waals surface area contributed by atoms with E-state index < -0.39 is 0 Å². The Morgan fingerprint density at radius 3 is 2.10 bits per heavy atom. The molecule has 0 aromatic carbocycles. The van der Waals surface area contributed by atoms with Gasteiger partial charge in [-0.1, -0.05) is 12.4 Å². The summed E-state index contributed by atoms with van der Waals surface area (Å²) < 4.78 is 0. The molecule has 1 aromatic heterocycles. The second-order valence-corrected chi connectivity index (χ2v) is 0.953. The van der Waals surface area contributed by atoms with Crippen LogP contribution in [0, 0.1) is 6.07 Å². The molecule has 46 valence electrons. The summed E-state index contributed by atoms with van der Waals surface area (Å²) in [5.74, 6) is 0. The molecule has 0 bridgehead atoms. The van der Waals surface area contributed by atoms with Crippen LogP contribution in [-0.4, -0.2) is 4.98 Å². The number of nitrogens with zero attached hydrogens (tertiary/aromatic N) is 1. The molecule has 0 unspecified atom stereocenters. The minimum atomic E-state index is 0. The zero-order chi connectivity index (χ0) is 6.24. The van der Waals surface area contributed by atoms with E-state index in [9.17, 15) is 0 Å². The van der Waals surface area contributed by atoms with Gasteiger partial charge in [0.05, 0.1) is 0 Å². The second-order valence-electron chi connectivity index (χ2n) is 0.953. The molecular formula is C5H4Cl2LiNZn. The molecule has 0 amide bonds. The van der Waals surface area contributed by atoms with Crippen molar-refractivity contribution in [2.24, 2.45) is 0 Å². The Morgan fingerprint density at radius 2 is 2.00 bits per heavy atom. The van der Waals surface area contributed by atoms with Gasteiger partial charge in [-0.3, -0.25) is 0 Å². The van der Waals surface area contributed by atoms with Crippen molar-refractivity contribution < 1.29 is 48.6 Å². The monoisotopic (exact) mass is 219 g/mol. The molecule has 0 aliphatic rings. The van der Waals surface area contributed by atoms with Crippen LogP contribution < -0.4 is 31.3 Å². The number of halogens is 2. The molecule has 10 heavy (non-hydrogen) atoms. The molecular weight excluding hydrogens is 217 g/mol. The van der Waals surface area contributed by atoms with Crippen molar-refractivity contribution in [2.75, 3.05) is 0 Å². The third-order valence-corrected chi connectivity index (χ3v) is 0.514. The molecule has 1 rings (SSSR count). The number of rotatable bonds is 0. The molecule has 5 heteroatoms. The van der Waals surface area contributed by atoms with Crippen molar-refractivity contribution in [1.29, 1.82) is 0 Å². The minimum absolute atomic E-state index is 0. The first-order chi connectivity index (χ1) is 4.00. The minimum Gasteiger partial charge on any atom is -0.304 e. The fraction of sp³-hybridized carbons (Fsp3) is 0. The van der Waals surface area contributed by atoms with Crippen molar-refractivity contribution >= 4 is 9.69 Å². The number of hydrogen-bond donors (Lipinski definition) is 0. The summed E-state index contributed by atoms with van der Waals surface area (Å²) in [6.07, 6.45) is 3.34. The Labute approximate surface area is 93.3 Å². The smallest absolute Gasteiger partial charge is 0.304 e. The van der Waals surface area contributed by atoms with Gasteiger partial charge in [0, 0.05) is 0 Å². The fourth-order valence-electron chi connectivity index (χ4n) is 0.277. The summed E-state index contributed by atoms with van der Waals surface area (Å²) in [5, 5.41) is 0. The Bertz CT molecular complexity index is 91.6. The van der Waals surface area contributed by atoms with E-state index >= 15 is 0 Å². The summed E-state index contributed by atoms with van der Waals surface area (Å²) >= 11 is 0.847. The Hall–Kier alpha value is 0.951. The van der Waals surface area contributed by atoms with Crippen LogP contribution in [0.3, 0.4) is 0 Å². The van der Waals surface area contributed by atoms with E-state index in [0.29, 0.717) is 0 Å². The summed E-state index contributed by atoms with van der Waals surface area (Å²) in [7, 11) is 4.76. The van der Waals surface area contributed by atoms with Crippen molar-refractivity contribution in [1.82, 2.24) is 4.98 Å². The number of aromatic nitrogens is 1. The summed E-state index contributed by atoms with van der Waals surface area (Å²) in [6.45, 7) is 0. The molecule has 0 radical (unpaired) electrons. The first-order valence-corrected chi connectivity index (χ1v) is 5.93. The average Bonchev–Trinajstić information content (AvgIpc) is 1.96. The maximum Gasteiger partial charge on any atom is 1.00 e. The van der Waals surface area contributed by atoms with Crippen LogP contribution >= 0.6 is 9.69 Å². The maximum absolute atomic E-state index is 4.76. The fourth-order valence-corrected chi connectivity index (χ4v) is 0.277. The molecule has 0 saturated carbocycles. The zero-order valence-electron chi connectivity index (χ0n) is 5.72. The van der Waals surface area contributed by atoms with Gasteiger partial charge in [0.25, 0.3) is 0 Å². The molecule has 1 heterocycles. The van der Waals surface area contributed by atoms with Crippen LogP contribution in [-0.2, 0) is 17.3 Å². The summed E-state index contributed by atoms with van der Waals surface area (Å²) in [6, 6.07) is 6.43. The molecule has 0 aliphatic carbocycles. The van der Waals surface area contributed by atoms with Crippen molar-refractivity contribution in [3.8, 4) is 0 Å². The van der Waals surface area contributed by atoms with Crippen LogP contribution in [0.1, 0.15) is 0 Å². The van der Waals surface area contributed by atoms with Gasteiger partial charge in [-0.25, -0.2) is 12.1 Å². The maximum atomic E-state index is 4.76. The Balaban J connectivity index is -0.000000114. The van der Waals surface area contributed by atoms with Crippen LogP contribution in [0.5, 0.6) is 0 Å². The van der Waals surface area contributed by atoms with Crippen molar-refractivity contribution in [2.45, 2.75) is 0 Å². The normalized spacial score (nSPS) is 5.50. The molecule has 0 atom stereocenters. The first kappa shape index (κ1) is 17.2. The van der Waals surface area contributed by atoms with E-state index in [1.54, 1.807) is 12.4 Å². The second kappa shape index (κ2) is 16.5. The van der Waals surface area contributed by atoms with Crippen molar-refractivity contribution in [3.05, 3.63) is 30.6 Å². The van der Waals surface area contributed by atoms with Gasteiger partial charge in [-0.05, 0) is 0 Å². The van der Waals surface area contributed by atoms with Gasteiger partial charge in [-0.2, -0.15) is 6.07 Å². The number of pyridine rings is 1. The third-order valence-electron chi connectivity index (χ3n) is 0.514. The molecule has 0 spiro atoms. The number of hydrogen-bond acceptors (Lipinski definition) is 1. The zero-order valence-corrected chi connectivity index (χ0v) is 10.2. The largest absolute Gasteiger partial charge is 1.00 e. The van der Waals surface area contributed by atoms with Crippen LogP contribution in [0.4, 0.5) is 0 Å². The van der Waals surface area contributed by atoms with Gasteiger partial charge < -0.3 is 17.4 Å². The van der Waals surface area contributed by atoms with Gasteiger partial charge in [0.15, 0.2) is 0 Å². The van der Waals surface area contributed by atoms with Crippen LogP contribution in [0.15, 0.2) is 24.5 Å². The van der Waals surface area contributed by atoms with Gasteiger partial charge in [0.2, 0.25) is 0 Å². The third kappa shape index (κ3) is 11.7. The van der Waals surface area contributed by atoms with Gasteiger partial charge in [0.1, 0.15) is 0 Å². The van der Waals surface area contributed by atoms with E-state index in [1.165, 1.54) is 0 Å². The summed E-state index contributed by atoms with van der Waals surface area (Å²) in [5.41, 5.74) is 0. The molecule has 0 fully saturated rings. The van der Waals surface area contributed by atoms with E-state index in [-0.39, 0.29) is 31.3 Å². The van der Waals surface area contributed by atoms with Gasteiger partial charge >= 0.3 is 45.9 Å². The Kier molecular flexibility index (Phi) is 28.3. The average molecular weight is 221 g/mol. The van der Waals surface area contributed by atoms with Crippen LogP contribution in [0.25, 0.3) is 0 Å². The standard InChI is InChI=1S/C5H4N.2ClH.Li.Zn/c1-2-4-6-5-3-1;;;;/h1-2,4-5H;2*1H;;/q-1;;;+1;+2/p-2. The van der Waals surface area contributed by atoms with E-state index in [1.807, 2.05) is 12.1 Å². The van der Waals surface area contributed by atoms with E-state index in [0.717, 1.165) is 17.3 Å². The molecule has 0 saturated heterocycles. The van der Waals surface area contributed by atoms with E-state index in [4.69, 9.17) is 9.69 Å². The predicted molar refractivity (Wildman–Crippen MR) is 28.9 cm³/mol. The predicted octanol–water partition coefficient (Wildman–Crippen LogP) is -4.42. The SMILES string of the molecule is [Cl-].[Cl][Zn+].[Li+].[c-]1cccnc1. The topological polar surface area (TPSA) is 12.9 Å².